The number of aromatic nitrogens is 1. The molecule has 1 aliphatic rings. The molecule has 0 amide bonds. The Morgan fingerprint density at radius 3 is 2.78 bits per heavy atom. The zero-order valence-corrected chi connectivity index (χ0v) is 15.4. The molecule has 1 aliphatic heterocycles. The SMILES string of the molecule is O[C@@H](COCc1ccc2c(c1)OCO2)CSc1ncc(C(F)(F)F)cc1Cl. The quantitative estimate of drug-likeness (QED) is 0.678. The topological polar surface area (TPSA) is 60.8 Å². The smallest absolute Gasteiger partial charge is 0.417 e. The Labute approximate surface area is 162 Å². The van der Waals surface area contributed by atoms with Gasteiger partial charge in [-0.2, -0.15) is 13.2 Å². The molecule has 0 saturated carbocycles. The number of thioether (sulfide) groups is 1. The Morgan fingerprint density at radius 2 is 2.04 bits per heavy atom. The Morgan fingerprint density at radius 1 is 1.26 bits per heavy atom. The lowest BCUT2D eigenvalue weighted by Crippen LogP contribution is -2.18. The van der Waals surface area contributed by atoms with Crippen LogP contribution in [0.3, 0.4) is 0 Å². The first kappa shape index (κ1) is 20.1. The number of aliphatic hydroxyl groups excluding tert-OH is 1. The number of ether oxygens (including phenoxy) is 3. The van der Waals surface area contributed by atoms with Crippen LogP contribution in [-0.2, 0) is 17.5 Å². The molecule has 10 heteroatoms. The van der Waals surface area contributed by atoms with Gasteiger partial charge >= 0.3 is 6.18 Å². The van der Waals surface area contributed by atoms with E-state index in [1.807, 2.05) is 6.07 Å². The molecular formula is C17H15ClF3NO4S. The second kappa shape index (κ2) is 8.55. The van der Waals surface area contributed by atoms with E-state index >= 15 is 0 Å². The fourth-order valence-electron chi connectivity index (χ4n) is 2.25. The van der Waals surface area contributed by atoms with E-state index in [-0.39, 0.29) is 35.8 Å². The molecule has 2 aromatic rings. The molecule has 146 valence electrons. The minimum absolute atomic E-state index is 0.0553. The normalized spacial score (nSPS) is 14.4. The number of alkyl halides is 3. The second-order valence-electron chi connectivity index (χ2n) is 5.68. The molecule has 0 unspecified atom stereocenters. The summed E-state index contributed by atoms with van der Waals surface area (Å²) in [6, 6.07) is 6.24. The molecule has 27 heavy (non-hydrogen) atoms. The highest BCUT2D eigenvalue weighted by Gasteiger charge is 2.31. The van der Waals surface area contributed by atoms with Gasteiger partial charge in [-0.1, -0.05) is 17.7 Å². The summed E-state index contributed by atoms with van der Waals surface area (Å²) in [6.07, 6.45) is -4.61. The van der Waals surface area contributed by atoms with Crippen molar-refractivity contribution in [3.63, 3.8) is 0 Å². The van der Waals surface area contributed by atoms with Gasteiger partial charge < -0.3 is 19.3 Å². The first-order chi connectivity index (χ1) is 12.8. The average Bonchev–Trinajstić information content (AvgIpc) is 3.07. The maximum atomic E-state index is 12.6. The van der Waals surface area contributed by atoms with Crippen molar-refractivity contribution < 1.29 is 32.5 Å². The standard InChI is InChI=1S/C17H15ClF3NO4S/c18-13-4-11(17(19,20)21)5-22-16(13)27-8-12(23)7-24-6-10-1-2-14-15(3-10)26-9-25-14/h1-5,12,23H,6-9H2/t12-/m0/s1. The van der Waals surface area contributed by atoms with Crippen LogP contribution in [0.2, 0.25) is 5.02 Å². The molecule has 0 radical (unpaired) electrons. The predicted octanol–water partition coefficient (Wildman–Crippen LogP) is 4.15. The van der Waals surface area contributed by atoms with Gasteiger partial charge in [-0.15, -0.1) is 11.8 Å². The van der Waals surface area contributed by atoms with Crippen molar-refractivity contribution in [2.24, 2.45) is 0 Å². The van der Waals surface area contributed by atoms with E-state index in [0.717, 1.165) is 29.6 Å². The summed E-state index contributed by atoms with van der Waals surface area (Å²) in [4.78, 5) is 3.71. The molecule has 5 nitrogen and oxygen atoms in total. The van der Waals surface area contributed by atoms with Gasteiger partial charge in [-0.25, -0.2) is 4.98 Å². The van der Waals surface area contributed by atoms with Crippen molar-refractivity contribution >= 4 is 23.4 Å². The lowest BCUT2D eigenvalue weighted by Gasteiger charge is -2.12. The number of nitrogens with zero attached hydrogens (tertiary/aromatic N) is 1. The molecule has 2 heterocycles. The van der Waals surface area contributed by atoms with Crippen LogP contribution in [0, 0.1) is 0 Å². The average molecular weight is 422 g/mol. The van der Waals surface area contributed by atoms with Crippen molar-refractivity contribution in [3.8, 4) is 11.5 Å². The third-order valence-electron chi connectivity index (χ3n) is 3.56. The predicted molar refractivity (Wildman–Crippen MR) is 93.2 cm³/mol. The number of hydrogen-bond acceptors (Lipinski definition) is 6. The van der Waals surface area contributed by atoms with Gasteiger partial charge in [0, 0.05) is 11.9 Å². The number of hydrogen-bond donors (Lipinski definition) is 1. The lowest BCUT2D eigenvalue weighted by atomic mass is 10.2. The minimum Gasteiger partial charge on any atom is -0.454 e. The number of fused-ring (bicyclic) bond motifs is 1. The zero-order valence-electron chi connectivity index (χ0n) is 13.8. The number of aliphatic hydroxyl groups is 1. The summed E-state index contributed by atoms with van der Waals surface area (Å²) in [5.74, 6) is 1.51. The number of pyridine rings is 1. The molecule has 1 atom stereocenters. The van der Waals surface area contributed by atoms with Gasteiger partial charge in [0.1, 0.15) is 5.03 Å². The van der Waals surface area contributed by atoms with Crippen LogP contribution < -0.4 is 9.47 Å². The van der Waals surface area contributed by atoms with Crippen LogP contribution in [0.15, 0.2) is 35.5 Å². The van der Waals surface area contributed by atoms with Crippen LogP contribution in [-0.4, -0.2) is 35.3 Å². The molecule has 0 bridgehead atoms. The van der Waals surface area contributed by atoms with Gasteiger partial charge in [-0.05, 0) is 23.8 Å². The van der Waals surface area contributed by atoms with E-state index in [4.69, 9.17) is 25.8 Å². The third-order valence-corrected chi connectivity index (χ3v) is 5.11. The number of rotatable bonds is 7. The Kier molecular flexibility index (Phi) is 6.36. The molecule has 0 spiro atoms. The molecule has 1 N–H and O–H groups in total. The van der Waals surface area contributed by atoms with Gasteiger partial charge in [0.2, 0.25) is 6.79 Å². The molecule has 1 aromatic carbocycles. The lowest BCUT2D eigenvalue weighted by molar-refractivity contribution is -0.137. The van der Waals surface area contributed by atoms with Crippen LogP contribution >= 0.6 is 23.4 Å². The van der Waals surface area contributed by atoms with Crippen LogP contribution in [0.4, 0.5) is 13.2 Å². The van der Waals surface area contributed by atoms with E-state index in [2.05, 4.69) is 4.98 Å². The largest absolute Gasteiger partial charge is 0.454 e. The van der Waals surface area contributed by atoms with Gasteiger partial charge in [0.15, 0.2) is 11.5 Å². The van der Waals surface area contributed by atoms with Crippen LogP contribution in [0.5, 0.6) is 11.5 Å². The van der Waals surface area contributed by atoms with E-state index in [1.54, 1.807) is 12.1 Å². The highest BCUT2D eigenvalue weighted by atomic mass is 35.5. The van der Waals surface area contributed by atoms with E-state index in [0.29, 0.717) is 11.5 Å². The number of halogens is 4. The van der Waals surface area contributed by atoms with Gasteiger partial charge in [-0.3, -0.25) is 0 Å². The van der Waals surface area contributed by atoms with Gasteiger partial charge in [0.25, 0.3) is 0 Å². The highest BCUT2D eigenvalue weighted by molar-refractivity contribution is 7.99. The van der Waals surface area contributed by atoms with Crippen molar-refractivity contribution in [2.75, 3.05) is 19.2 Å². The zero-order chi connectivity index (χ0) is 19.4. The van der Waals surface area contributed by atoms with Crippen LogP contribution in [0.1, 0.15) is 11.1 Å². The summed E-state index contributed by atoms with van der Waals surface area (Å²) < 4.78 is 53.7. The van der Waals surface area contributed by atoms with Crippen molar-refractivity contribution in [1.82, 2.24) is 4.98 Å². The highest BCUT2D eigenvalue weighted by Crippen LogP contribution is 2.34. The second-order valence-corrected chi connectivity index (χ2v) is 7.09. The van der Waals surface area contributed by atoms with E-state index in [1.165, 1.54) is 0 Å². The van der Waals surface area contributed by atoms with Crippen LogP contribution in [0.25, 0.3) is 0 Å². The molecule has 1 aromatic heterocycles. The third kappa shape index (κ3) is 5.41. The summed E-state index contributed by atoms with van der Waals surface area (Å²) >= 11 is 6.89. The summed E-state index contributed by atoms with van der Waals surface area (Å²) in [6.45, 7) is 0.521. The monoisotopic (exact) mass is 421 g/mol. The molecule has 0 fully saturated rings. The van der Waals surface area contributed by atoms with Crippen molar-refractivity contribution in [1.29, 1.82) is 0 Å². The summed E-state index contributed by atoms with van der Waals surface area (Å²) in [5.41, 5.74) is -0.0454. The molecule has 3 rings (SSSR count). The van der Waals surface area contributed by atoms with Gasteiger partial charge in [0.05, 0.1) is 29.9 Å². The Bertz CT molecular complexity index is 806. The first-order valence-electron chi connectivity index (χ1n) is 7.83. The first-order valence-corrected chi connectivity index (χ1v) is 9.19. The minimum atomic E-state index is -4.50. The fourth-order valence-corrected chi connectivity index (χ4v) is 3.35. The van der Waals surface area contributed by atoms with E-state index < -0.39 is 17.8 Å². The maximum Gasteiger partial charge on any atom is 0.417 e. The van der Waals surface area contributed by atoms with E-state index in [9.17, 15) is 18.3 Å². The van der Waals surface area contributed by atoms with Crippen molar-refractivity contribution in [3.05, 3.63) is 46.6 Å². The molecular weight excluding hydrogens is 407 g/mol. The number of benzene rings is 1. The Balaban J connectivity index is 1.44. The summed E-state index contributed by atoms with van der Waals surface area (Å²) in [7, 11) is 0. The summed E-state index contributed by atoms with van der Waals surface area (Å²) in [5, 5.41) is 10.1. The molecule has 0 aliphatic carbocycles. The fraction of sp³-hybridized carbons (Fsp3) is 0.353. The molecule has 0 saturated heterocycles. The Hall–Kier alpha value is -1.68. The maximum absolute atomic E-state index is 12.6. The van der Waals surface area contributed by atoms with Crippen molar-refractivity contribution in [2.45, 2.75) is 23.9 Å².